The van der Waals surface area contributed by atoms with Gasteiger partial charge in [-0.1, -0.05) is 12.1 Å². The fourth-order valence-corrected chi connectivity index (χ4v) is 4.47. The molecule has 1 unspecified atom stereocenters. The molecule has 1 saturated heterocycles. The van der Waals surface area contributed by atoms with Crippen LogP contribution in [0.5, 0.6) is 5.75 Å². The molecular formula is C19H22F2N2O3S. The maximum Gasteiger partial charge on any atom is 0.243 e. The minimum Gasteiger partial charge on any atom is -0.497 e. The van der Waals surface area contributed by atoms with Gasteiger partial charge in [0.2, 0.25) is 10.0 Å². The highest BCUT2D eigenvalue weighted by Gasteiger charge is 2.26. The Hall–Kier alpha value is -2.03. The van der Waals surface area contributed by atoms with Gasteiger partial charge < -0.3 is 4.74 Å². The molecule has 0 amide bonds. The lowest BCUT2D eigenvalue weighted by atomic mass is 10.0. The highest BCUT2D eigenvalue weighted by atomic mass is 32.2. The van der Waals surface area contributed by atoms with E-state index in [0.29, 0.717) is 12.6 Å². The van der Waals surface area contributed by atoms with E-state index in [1.165, 1.54) is 0 Å². The van der Waals surface area contributed by atoms with Gasteiger partial charge in [-0.3, -0.25) is 4.90 Å². The van der Waals surface area contributed by atoms with E-state index in [0.717, 1.165) is 42.8 Å². The molecule has 2 aromatic carbocycles. The Morgan fingerprint density at radius 1 is 1.19 bits per heavy atom. The summed E-state index contributed by atoms with van der Waals surface area (Å²) in [5.74, 6) is -1.12. The van der Waals surface area contributed by atoms with E-state index in [4.69, 9.17) is 4.74 Å². The number of rotatable bonds is 7. The maximum atomic E-state index is 13.7. The number of halogens is 2. The lowest BCUT2D eigenvalue weighted by Gasteiger charge is -2.25. The summed E-state index contributed by atoms with van der Waals surface area (Å²) < 4.78 is 58.8. The first kappa shape index (κ1) is 19.7. The first-order valence-corrected chi connectivity index (χ1v) is 10.2. The molecular weight excluding hydrogens is 374 g/mol. The zero-order chi connectivity index (χ0) is 19.4. The Kier molecular flexibility index (Phi) is 6.08. The van der Waals surface area contributed by atoms with Crippen LogP contribution < -0.4 is 9.46 Å². The third-order valence-corrected chi connectivity index (χ3v) is 6.23. The number of nitrogens with zero attached hydrogens (tertiary/aromatic N) is 1. The van der Waals surface area contributed by atoms with E-state index in [-0.39, 0.29) is 12.6 Å². The predicted molar refractivity (Wildman–Crippen MR) is 98.1 cm³/mol. The summed E-state index contributed by atoms with van der Waals surface area (Å²) >= 11 is 0. The quantitative estimate of drug-likeness (QED) is 0.781. The van der Waals surface area contributed by atoms with E-state index < -0.39 is 26.6 Å². The summed E-state index contributed by atoms with van der Waals surface area (Å²) in [6, 6.07) is 10.5. The van der Waals surface area contributed by atoms with Crippen LogP contribution in [0.2, 0.25) is 0 Å². The third-order valence-electron chi connectivity index (χ3n) is 4.74. The van der Waals surface area contributed by atoms with E-state index in [1.54, 1.807) is 7.11 Å². The van der Waals surface area contributed by atoms with Crippen LogP contribution >= 0.6 is 0 Å². The van der Waals surface area contributed by atoms with E-state index in [1.807, 2.05) is 24.3 Å². The molecule has 1 N–H and O–H groups in total. The normalized spacial score (nSPS) is 18.0. The molecule has 8 heteroatoms. The van der Waals surface area contributed by atoms with Gasteiger partial charge in [0.25, 0.3) is 0 Å². The molecule has 0 bridgehead atoms. The van der Waals surface area contributed by atoms with Gasteiger partial charge >= 0.3 is 0 Å². The number of methoxy groups -OCH3 is 1. The molecule has 1 aliphatic heterocycles. The van der Waals surface area contributed by atoms with Crippen LogP contribution in [0, 0.1) is 11.6 Å². The molecule has 1 atom stereocenters. The zero-order valence-electron chi connectivity index (χ0n) is 15.0. The van der Waals surface area contributed by atoms with Crippen LogP contribution in [-0.4, -0.2) is 40.1 Å². The van der Waals surface area contributed by atoms with Crippen molar-refractivity contribution >= 4 is 10.0 Å². The average Bonchev–Trinajstić information content (AvgIpc) is 3.10. The van der Waals surface area contributed by atoms with Gasteiger partial charge in [0, 0.05) is 25.2 Å². The number of hydrogen-bond donors (Lipinski definition) is 1. The largest absolute Gasteiger partial charge is 0.497 e. The topological polar surface area (TPSA) is 58.6 Å². The zero-order valence-corrected chi connectivity index (χ0v) is 15.8. The fraction of sp³-hybridized carbons (Fsp3) is 0.368. The first-order chi connectivity index (χ1) is 12.9. The van der Waals surface area contributed by atoms with Crippen LogP contribution in [0.25, 0.3) is 0 Å². The summed E-state index contributed by atoms with van der Waals surface area (Å²) in [6.07, 6.45) is 2.02. The second kappa shape index (κ2) is 8.33. The molecule has 27 heavy (non-hydrogen) atoms. The van der Waals surface area contributed by atoms with Gasteiger partial charge in [-0.2, -0.15) is 0 Å². The second-order valence-electron chi connectivity index (χ2n) is 6.44. The van der Waals surface area contributed by atoms with Crippen molar-refractivity contribution in [1.82, 2.24) is 9.62 Å². The maximum absolute atomic E-state index is 13.7. The number of hydrogen-bond acceptors (Lipinski definition) is 4. The second-order valence-corrected chi connectivity index (χ2v) is 8.18. The summed E-state index contributed by atoms with van der Waals surface area (Å²) in [4.78, 5) is 1.66. The van der Waals surface area contributed by atoms with Gasteiger partial charge in [-0.05, 0) is 49.2 Å². The van der Waals surface area contributed by atoms with Crippen molar-refractivity contribution in [2.45, 2.75) is 23.8 Å². The molecule has 0 radical (unpaired) electrons. The lowest BCUT2D eigenvalue weighted by Crippen LogP contribution is -2.35. The van der Waals surface area contributed by atoms with Gasteiger partial charge in [0.1, 0.15) is 22.3 Å². The minimum atomic E-state index is -4.03. The summed E-state index contributed by atoms with van der Waals surface area (Å²) in [7, 11) is -2.41. The number of sulfonamides is 1. The molecule has 1 fully saturated rings. The fourth-order valence-electron chi connectivity index (χ4n) is 3.39. The van der Waals surface area contributed by atoms with Gasteiger partial charge in [0.15, 0.2) is 0 Å². The third kappa shape index (κ3) is 4.63. The molecule has 0 aromatic heterocycles. The number of benzene rings is 2. The van der Waals surface area contributed by atoms with E-state index in [2.05, 4.69) is 9.62 Å². The Bertz CT molecular complexity index is 888. The monoisotopic (exact) mass is 396 g/mol. The molecule has 0 saturated carbocycles. The van der Waals surface area contributed by atoms with Crippen LogP contribution in [0.15, 0.2) is 47.4 Å². The smallest absolute Gasteiger partial charge is 0.243 e. The predicted octanol–water partition coefficient (Wildman–Crippen LogP) is 3.09. The summed E-state index contributed by atoms with van der Waals surface area (Å²) in [5, 5.41) is 0. The SMILES string of the molecule is COc1ccc(C2CCCN2CCNS(=O)(=O)c2ccc(F)cc2F)cc1. The Morgan fingerprint density at radius 2 is 1.93 bits per heavy atom. The summed E-state index contributed by atoms with van der Waals surface area (Å²) in [6.45, 7) is 1.51. The molecule has 3 rings (SSSR count). The molecule has 146 valence electrons. The van der Waals surface area contributed by atoms with Crippen LogP contribution in [0.1, 0.15) is 24.4 Å². The molecule has 2 aromatic rings. The van der Waals surface area contributed by atoms with Crippen molar-refractivity contribution in [1.29, 1.82) is 0 Å². The molecule has 5 nitrogen and oxygen atoms in total. The molecule has 1 heterocycles. The Morgan fingerprint density at radius 3 is 2.59 bits per heavy atom. The summed E-state index contributed by atoms with van der Waals surface area (Å²) in [5.41, 5.74) is 1.15. The first-order valence-electron chi connectivity index (χ1n) is 8.73. The van der Waals surface area contributed by atoms with E-state index in [9.17, 15) is 17.2 Å². The van der Waals surface area contributed by atoms with Gasteiger partial charge in [0.05, 0.1) is 7.11 Å². The van der Waals surface area contributed by atoms with Crippen molar-refractivity contribution in [3.8, 4) is 5.75 Å². The van der Waals surface area contributed by atoms with Crippen molar-refractivity contribution in [2.75, 3.05) is 26.7 Å². The standard InChI is InChI=1S/C19H22F2N2O3S/c1-26-16-7-4-14(5-8-16)18-3-2-11-23(18)12-10-22-27(24,25)19-9-6-15(20)13-17(19)21/h4-9,13,18,22H,2-3,10-12H2,1H3. The van der Waals surface area contributed by atoms with Crippen LogP contribution in [0.4, 0.5) is 8.78 Å². The van der Waals surface area contributed by atoms with Crippen molar-refractivity contribution in [3.05, 3.63) is 59.7 Å². The van der Waals surface area contributed by atoms with Crippen LogP contribution in [-0.2, 0) is 10.0 Å². The highest BCUT2D eigenvalue weighted by molar-refractivity contribution is 7.89. The Balaban J connectivity index is 1.61. The number of nitrogens with one attached hydrogen (secondary N) is 1. The van der Waals surface area contributed by atoms with E-state index >= 15 is 0 Å². The average molecular weight is 396 g/mol. The minimum absolute atomic E-state index is 0.145. The molecule has 1 aliphatic rings. The van der Waals surface area contributed by atoms with Crippen molar-refractivity contribution < 1.29 is 21.9 Å². The van der Waals surface area contributed by atoms with Crippen LogP contribution in [0.3, 0.4) is 0 Å². The highest BCUT2D eigenvalue weighted by Crippen LogP contribution is 2.32. The van der Waals surface area contributed by atoms with Crippen molar-refractivity contribution in [2.24, 2.45) is 0 Å². The molecule has 0 spiro atoms. The number of ether oxygens (including phenoxy) is 1. The Labute approximate surface area is 158 Å². The number of likely N-dealkylation sites (tertiary alicyclic amines) is 1. The van der Waals surface area contributed by atoms with Gasteiger partial charge in [-0.25, -0.2) is 21.9 Å². The van der Waals surface area contributed by atoms with Crippen molar-refractivity contribution in [3.63, 3.8) is 0 Å². The van der Waals surface area contributed by atoms with Gasteiger partial charge in [-0.15, -0.1) is 0 Å². The lowest BCUT2D eigenvalue weighted by molar-refractivity contribution is 0.261. The molecule has 0 aliphatic carbocycles.